The molecule has 124 valence electrons. The summed E-state index contributed by atoms with van der Waals surface area (Å²) >= 11 is 0. The molecule has 2 aromatic carbocycles. The van der Waals surface area contributed by atoms with Crippen molar-refractivity contribution in [2.75, 3.05) is 6.79 Å². The summed E-state index contributed by atoms with van der Waals surface area (Å²) in [5.74, 6) is 2.30. The maximum atomic E-state index is 12.8. The summed E-state index contributed by atoms with van der Waals surface area (Å²) in [5, 5.41) is 0.676. The van der Waals surface area contributed by atoms with Crippen LogP contribution in [0.25, 0.3) is 22.6 Å². The van der Waals surface area contributed by atoms with Crippen LogP contribution in [0.3, 0.4) is 0 Å². The zero-order valence-corrected chi connectivity index (χ0v) is 13.6. The molecule has 0 bridgehead atoms. The molecular weight excluding hydrogens is 316 g/mol. The third kappa shape index (κ3) is 2.31. The molecule has 5 nitrogen and oxygen atoms in total. The second kappa shape index (κ2) is 5.48. The van der Waals surface area contributed by atoms with Gasteiger partial charge in [0.05, 0.1) is 10.9 Å². The van der Waals surface area contributed by atoms with Crippen molar-refractivity contribution in [1.82, 2.24) is 9.55 Å². The first-order chi connectivity index (χ1) is 12.3. The molecule has 25 heavy (non-hydrogen) atoms. The molecule has 5 rings (SSSR count). The minimum atomic E-state index is 0.0388. The minimum Gasteiger partial charge on any atom is -0.454 e. The molecule has 0 N–H and O–H groups in total. The Balaban J connectivity index is 1.67. The first kappa shape index (κ1) is 14.3. The molecule has 3 aromatic rings. The predicted molar refractivity (Wildman–Crippen MR) is 95.7 cm³/mol. The fraction of sp³-hybridized carbons (Fsp3) is 0.200. The van der Waals surface area contributed by atoms with Crippen molar-refractivity contribution in [2.24, 2.45) is 0 Å². The van der Waals surface area contributed by atoms with E-state index < -0.39 is 0 Å². The summed E-state index contributed by atoms with van der Waals surface area (Å²) in [4.78, 5) is 17.5. The standard InChI is InChI=1S/C20H16N2O3/c23-20-15-5-1-2-6-16(15)21-19-14(4-3-9-22(19)20)10-13-7-8-17-18(11-13)25-12-24-17/h1-2,5-8,10-11H,3-4,9,12H2/b14-10-. The van der Waals surface area contributed by atoms with Crippen molar-refractivity contribution >= 4 is 22.6 Å². The average Bonchev–Trinajstić information content (AvgIpc) is 3.11. The summed E-state index contributed by atoms with van der Waals surface area (Å²) < 4.78 is 12.6. The van der Waals surface area contributed by atoms with Crippen LogP contribution < -0.4 is 15.0 Å². The molecule has 0 saturated heterocycles. The Bertz CT molecular complexity index is 1080. The van der Waals surface area contributed by atoms with Gasteiger partial charge in [-0.25, -0.2) is 4.98 Å². The van der Waals surface area contributed by atoms with Gasteiger partial charge in [0.25, 0.3) is 5.56 Å². The quantitative estimate of drug-likeness (QED) is 0.685. The smallest absolute Gasteiger partial charge is 0.261 e. The Kier molecular flexibility index (Phi) is 3.13. The number of benzene rings is 2. The van der Waals surface area contributed by atoms with Crippen molar-refractivity contribution in [3.8, 4) is 11.5 Å². The highest BCUT2D eigenvalue weighted by Gasteiger charge is 2.19. The second-order valence-corrected chi connectivity index (χ2v) is 6.30. The number of hydrogen-bond acceptors (Lipinski definition) is 4. The van der Waals surface area contributed by atoms with Crippen LogP contribution in [0, 0.1) is 0 Å². The summed E-state index contributed by atoms with van der Waals surface area (Å²) in [6, 6.07) is 13.4. The Morgan fingerprint density at radius 3 is 2.92 bits per heavy atom. The van der Waals surface area contributed by atoms with Gasteiger partial charge in [0.2, 0.25) is 6.79 Å². The van der Waals surface area contributed by atoms with E-state index in [2.05, 4.69) is 6.08 Å². The van der Waals surface area contributed by atoms with Gasteiger partial charge in [-0.2, -0.15) is 0 Å². The highest BCUT2D eigenvalue weighted by Crippen LogP contribution is 2.34. The van der Waals surface area contributed by atoms with Crippen molar-refractivity contribution in [3.63, 3.8) is 0 Å². The van der Waals surface area contributed by atoms with Crippen molar-refractivity contribution < 1.29 is 9.47 Å². The SMILES string of the molecule is O=c1c2ccccc2nc2n1CCC/C2=C/c1ccc2c(c1)OCO2. The molecule has 2 aliphatic heterocycles. The average molecular weight is 332 g/mol. The van der Waals surface area contributed by atoms with E-state index >= 15 is 0 Å². The zero-order valence-electron chi connectivity index (χ0n) is 13.6. The molecular formula is C20H16N2O3. The molecule has 0 spiro atoms. The molecule has 0 saturated carbocycles. The lowest BCUT2D eigenvalue weighted by Gasteiger charge is -2.20. The Labute approximate surface area is 144 Å². The van der Waals surface area contributed by atoms with Gasteiger partial charge < -0.3 is 9.47 Å². The van der Waals surface area contributed by atoms with Crippen LogP contribution >= 0.6 is 0 Å². The monoisotopic (exact) mass is 332 g/mol. The van der Waals surface area contributed by atoms with Crippen LogP contribution in [0.15, 0.2) is 47.3 Å². The van der Waals surface area contributed by atoms with E-state index in [0.717, 1.165) is 46.8 Å². The van der Waals surface area contributed by atoms with Gasteiger partial charge in [-0.1, -0.05) is 18.2 Å². The largest absolute Gasteiger partial charge is 0.454 e. The highest BCUT2D eigenvalue weighted by atomic mass is 16.7. The lowest BCUT2D eigenvalue weighted by atomic mass is 10.0. The van der Waals surface area contributed by atoms with Gasteiger partial charge in [0.15, 0.2) is 11.5 Å². The van der Waals surface area contributed by atoms with Crippen molar-refractivity contribution in [2.45, 2.75) is 19.4 Å². The molecule has 1 aromatic heterocycles. The van der Waals surface area contributed by atoms with Crippen LogP contribution in [0.2, 0.25) is 0 Å². The summed E-state index contributed by atoms with van der Waals surface area (Å²) in [5.41, 5.74) is 2.89. The Morgan fingerprint density at radius 1 is 1.08 bits per heavy atom. The van der Waals surface area contributed by atoms with E-state index in [9.17, 15) is 4.79 Å². The number of aromatic nitrogens is 2. The highest BCUT2D eigenvalue weighted by molar-refractivity contribution is 5.84. The Hall–Kier alpha value is -3.08. The van der Waals surface area contributed by atoms with Crippen LogP contribution in [0.4, 0.5) is 0 Å². The minimum absolute atomic E-state index is 0.0388. The van der Waals surface area contributed by atoms with E-state index in [1.54, 1.807) is 4.57 Å². The molecule has 3 heterocycles. The summed E-state index contributed by atoms with van der Waals surface area (Å²) in [6.07, 6.45) is 3.93. The summed E-state index contributed by atoms with van der Waals surface area (Å²) in [6.45, 7) is 0.978. The molecule has 0 aliphatic carbocycles. The second-order valence-electron chi connectivity index (χ2n) is 6.30. The van der Waals surface area contributed by atoms with Gasteiger partial charge in [0, 0.05) is 6.54 Å². The number of rotatable bonds is 1. The van der Waals surface area contributed by atoms with Crippen LogP contribution in [-0.4, -0.2) is 16.3 Å². The number of hydrogen-bond donors (Lipinski definition) is 0. The van der Waals surface area contributed by atoms with E-state index in [0.29, 0.717) is 11.9 Å². The molecule has 0 atom stereocenters. The third-order valence-corrected chi connectivity index (χ3v) is 4.71. The molecule has 0 unspecified atom stereocenters. The van der Waals surface area contributed by atoms with E-state index in [4.69, 9.17) is 14.5 Å². The van der Waals surface area contributed by atoms with Crippen molar-refractivity contribution in [3.05, 3.63) is 64.2 Å². The van der Waals surface area contributed by atoms with Gasteiger partial charge in [-0.15, -0.1) is 0 Å². The summed E-state index contributed by atoms with van der Waals surface area (Å²) in [7, 11) is 0. The number of nitrogens with zero attached hydrogens (tertiary/aromatic N) is 2. The van der Waals surface area contributed by atoms with Gasteiger partial charge >= 0.3 is 0 Å². The fourth-order valence-electron chi connectivity index (χ4n) is 3.50. The number of allylic oxidation sites excluding steroid dienone is 1. The zero-order chi connectivity index (χ0) is 16.8. The van der Waals surface area contributed by atoms with Crippen LogP contribution in [0.1, 0.15) is 24.2 Å². The lowest BCUT2D eigenvalue weighted by molar-refractivity contribution is 0.174. The third-order valence-electron chi connectivity index (χ3n) is 4.71. The lowest BCUT2D eigenvalue weighted by Crippen LogP contribution is -2.27. The normalized spacial score (nSPS) is 17.0. The molecule has 0 amide bonds. The number of ether oxygens (including phenoxy) is 2. The van der Waals surface area contributed by atoms with E-state index in [1.807, 2.05) is 42.5 Å². The maximum Gasteiger partial charge on any atom is 0.261 e. The van der Waals surface area contributed by atoms with Crippen molar-refractivity contribution in [1.29, 1.82) is 0 Å². The molecule has 0 radical (unpaired) electrons. The first-order valence-corrected chi connectivity index (χ1v) is 8.40. The first-order valence-electron chi connectivity index (χ1n) is 8.40. The van der Waals surface area contributed by atoms with Crippen LogP contribution in [0.5, 0.6) is 11.5 Å². The molecule has 5 heteroatoms. The number of para-hydroxylation sites is 1. The fourth-order valence-corrected chi connectivity index (χ4v) is 3.50. The molecule has 0 fully saturated rings. The van der Waals surface area contributed by atoms with Gasteiger partial charge in [0.1, 0.15) is 5.82 Å². The maximum absolute atomic E-state index is 12.8. The van der Waals surface area contributed by atoms with Crippen LogP contribution in [-0.2, 0) is 6.54 Å². The van der Waals surface area contributed by atoms with Gasteiger partial charge in [-0.3, -0.25) is 9.36 Å². The van der Waals surface area contributed by atoms with Gasteiger partial charge in [-0.05, 0) is 54.3 Å². The van der Waals surface area contributed by atoms with E-state index in [-0.39, 0.29) is 12.4 Å². The van der Waals surface area contributed by atoms with E-state index in [1.165, 1.54) is 0 Å². The topological polar surface area (TPSA) is 53.4 Å². The number of fused-ring (bicyclic) bond motifs is 3. The predicted octanol–water partition coefficient (Wildman–Crippen LogP) is 3.46. The Morgan fingerprint density at radius 2 is 1.96 bits per heavy atom. The molecule has 2 aliphatic rings.